The third-order valence-corrected chi connectivity index (χ3v) is 3.45. The van der Waals surface area contributed by atoms with E-state index in [9.17, 15) is 0 Å². The average molecular weight is 287 g/mol. The molecule has 0 amide bonds. The molecule has 0 aliphatic heterocycles. The largest absolute Gasteiger partial charge is 0.495 e. The minimum absolute atomic E-state index is 0.656. The lowest BCUT2D eigenvalue weighted by molar-refractivity contribution is 0.416. The molecule has 0 saturated heterocycles. The summed E-state index contributed by atoms with van der Waals surface area (Å²) < 4.78 is 5.32. The summed E-state index contributed by atoms with van der Waals surface area (Å²) in [5, 5.41) is 12.8. The van der Waals surface area contributed by atoms with Gasteiger partial charge in [-0.1, -0.05) is 23.7 Å². The SMILES string of the molecule is COc1cc(Cl)c(C)cc1NCc1ccc(C#N)cc1. The molecular weight excluding hydrogens is 272 g/mol. The number of hydrogen-bond acceptors (Lipinski definition) is 3. The minimum Gasteiger partial charge on any atom is -0.495 e. The molecule has 0 atom stereocenters. The first-order valence-electron chi connectivity index (χ1n) is 6.21. The fourth-order valence-corrected chi connectivity index (χ4v) is 2.02. The molecule has 1 N–H and O–H groups in total. The van der Waals surface area contributed by atoms with E-state index >= 15 is 0 Å². The number of anilines is 1. The Kier molecular flexibility index (Phi) is 4.49. The quantitative estimate of drug-likeness (QED) is 0.919. The predicted molar refractivity (Wildman–Crippen MR) is 81.2 cm³/mol. The normalized spacial score (nSPS) is 9.90. The first-order chi connectivity index (χ1) is 9.63. The van der Waals surface area contributed by atoms with E-state index in [2.05, 4.69) is 11.4 Å². The summed E-state index contributed by atoms with van der Waals surface area (Å²) in [7, 11) is 1.62. The average Bonchev–Trinajstić information content (AvgIpc) is 2.48. The number of ether oxygens (including phenoxy) is 1. The van der Waals surface area contributed by atoms with Crippen LogP contribution in [0.4, 0.5) is 5.69 Å². The van der Waals surface area contributed by atoms with Gasteiger partial charge in [0.25, 0.3) is 0 Å². The van der Waals surface area contributed by atoms with Crippen LogP contribution < -0.4 is 10.1 Å². The van der Waals surface area contributed by atoms with Gasteiger partial charge in [0.15, 0.2) is 0 Å². The monoisotopic (exact) mass is 286 g/mol. The highest BCUT2D eigenvalue weighted by molar-refractivity contribution is 6.31. The van der Waals surface area contributed by atoms with Crippen molar-refractivity contribution in [3.63, 3.8) is 0 Å². The molecule has 0 heterocycles. The van der Waals surface area contributed by atoms with Crippen LogP contribution in [0.1, 0.15) is 16.7 Å². The van der Waals surface area contributed by atoms with Gasteiger partial charge < -0.3 is 10.1 Å². The van der Waals surface area contributed by atoms with Crippen LogP contribution in [0.25, 0.3) is 0 Å². The Hall–Kier alpha value is -2.18. The van der Waals surface area contributed by atoms with E-state index in [4.69, 9.17) is 21.6 Å². The third kappa shape index (κ3) is 3.23. The van der Waals surface area contributed by atoms with Crippen molar-refractivity contribution in [2.45, 2.75) is 13.5 Å². The van der Waals surface area contributed by atoms with E-state index in [1.165, 1.54) is 0 Å². The Morgan fingerprint density at radius 2 is 1.95 bits per heavy atom. The second-order valence-electron chi connectivity index (χ2n) is 4.46. The molecule has 2 aromatic carbocycles. The molecule has 0 aliphatic rings. The molecule has 0 aliphatic carbocycles. The van der Waals surface area contributed by atoms with Crippen LogP contribution in [0.3, 0.4) is 0 Å². The standard InChI is InChI=1S/C16H15ClN2O/c1-11-7-15(16(20-2)8-14(11)17)19-10-13-5-3-12(9-18)4-6-13/h3-8,19H,10H2,1-2H3. The van der Waals surface area contributed by atoms with Gasteiger partial charge in [0.2, 0.25) is 0 Å². The molecule has 0 bridgehead atoms. The zero-order valence-corrected chi connectivity index (χ0v) is 12.2. The van der Waals surface area contributed by atoms with Gasteiger partial charge in [-0.25, -0.2) is 0 Å². The van der Waals surface area contributed by atoms with Crippen LogP contribution in [0.2, 0.25) is 5.02 Å². The molecule has 3 nitrogen and oxygen atoms in total. The number of benzene rings is 2. The minimum atomic E-state index is 0.656. The number of hydrogen-bond donors (Lipinski definition) is 1. The van der Waals surface area contributed by atoms with Crippen molar-refractivity contribution < 1.29 is 4.74 Å². The van der Waals surface area contributed by atoms with Crippen molar-refractivity contribution in [3.8, 4) is 11.8 Å². The molecule has 4 heteroatoms. The zero-order valence-electron chi connectivity index (χ0n) is 11.4. The van der Waals surface area contributed by atoms with Gasteiger partial charge in [-0.15, -0.1) is 0 Å². The molecule has 0 saturated carbocycles. The number of aryl methyl sites for hydroxylation is 1. The second kappa shape index (κ2) is 6.31. The maximum Gasteiger partial charge on any atom is 0.143 e. The molecule has 2 rings (SSSR count). The van der Waals surface area contributed by atoms with Gasteiger partial charge in [-0.2, -0.15) is 5.26 Å². The van der Waals surface area contributed by atoms with Crippen molar-refractivity contribution >= 4 is 17.3 Å². The number of halogens is 1. The van der Waals surface area contributed by atoms with Gasteiger partial charge in [-0.05, 0) is 36.2 Å². The molecule has 0 fully saturated rings. The summed E-state index contributed by atoms with van der Waals surface area (Å²) in [4.78, 5) is 0. The molecule has 102 valence electrons. The van der Waals surface area contributed by atoms with Gasteiger partial charge >= 0.3 is 0 Å². The number of methoxy groups -OCH3 is 1. The lowest BCUT2D eigenvalue weighted by Gasteiger charge is -2.13. The Bertz CT molecular complexity index is 645. The first-order valence-corrected chi connectivity index (χ1v) is 6.59. The van der Waals surface area contributed by atoms with Crippen molar-refractivity contribution in [1.29, 1.82) is 5.26 Å². The first kappa shape index (κ1) is 14.2. The van der Waals surface area contributed by atoms with Crippen LogP contribution in [0, 0.1) is 18.3 Å². The second-order valence-corrected chi connectivity index (χ2v) is 4.87. The van der Waals surface area contributed by atoms with Gasteiger partial charge in [0.05, 0.1) is 24.4 Å². The maximum atomic E-state index is 8.77. The van der Waals surface area contributed by atoms with E-state index in [1.807, 2.05) is 25.1 Å². The summed E-state index contributed by atoms with van der Waals surface area (Å²) in [5.74, 6) is 0.717. The summed E-state index contributed by atoms with van der Waals surface area (Å²) in [6.07, 6.45) is 0. The van der Waals surface area contributed by atoms with Crippen molar-refractivity contribution in [1.82, 2.24) is 0 Å². The van der Waals surface area contributed by atoms with Crippen LogP contribution in [0.15, 0.2) is 36.4 Å². The van der Waals surface area contributed by atoms with Gasteiger partial charge in [0.1, 0.15) is 5.75 Å². The van der Waals surface area contributed by atoms with Gasteiger partial charge in [0, 0.05) is 17.6 Å². The Morgan fingerprint density at radius 3 is 2.55 bits per heavy atom. The van der Waals surface area contributed by atoms with Crippen LogP contribution in [0.5, 0.6) is 5.75 Å². The summed E-state index contributed by atoms with van der Waals surface area (Å²) >= 11 is 6.08. The topological polar surface area (TPSA) is 45.0 Å². The molecular formula is C16H15ClN2O. The van der Waals surface area contributed by atoms with Crippen molar-refractivity contribution in [2.24, 2.45) is 0 Å². The summed E-state index contributed by atoms with van der Waals surface area (Å²) in [6, 6.07) is 13.3. The van der Waals surface area contributed by atoms with E-state index in [-0.39, 0.29) is 0 Å². The number of nitrogens with one attached hydrogen (secondary N) is 1. The lowest BCUT2D eigenvalue weighted by Crippen LogP contribution is -2.02. The molecule has 0 unspecified atom stereocenters. The Morgan fingerprint density at radius 1 is 1.25 bits per heavy atom. The Balaban J connectivity index is 2.14. The maximum absolute atomic E-state index is 8.77. The lowest BCUT2D eigenvalue weighted by atomic mass is 10.1. The van der Waals surface area contributed by atoms with Crippen molar-refractivity contribution in [2.75, 3.05) is 12.4 Å². The molecule has 0 radical (unpaired) electrons. The van der Waals surface area contributed by atoms with Crippen LogP contribution in [-0.4, -0.2) is 7.11 Å². The highest BCUT2D eigenvalue weighted by Gasteiger charge is 2.06. The predicted octanol–water partition coefficient (Wildman–Crippen LogP) is 4.14. The van der Waals surface area contributed by atoms with E-state index in [1.54, 1.807) is 25.3 Å². The van der Waals surface area contributed by atoms with E-state index in [0.717, 1.165) is 16.8 Å². The van der Waals surface area contributed by atoms with Crippen LogP contribution in [-0.2, 0) is 6.54 Å². The summed E-state index contributed by atoms with van der Waals surface area (Å²) in [5.41, 5.74) is 3.65. The molecule has 2 aromatic rings. The van der Waals surface area contributed by atoms with Crippen molar-refractivity contribution in [3.05, 3.63) is 58.1 Å². The number of rotatable bonds is 4. The third-order valence-electron chi connectivity index (χ3n) is 3.05. The zero-order chi connectivity index (χ0) is 14.5. The van der Waals surface area contributed by atoms with Crippen LogP contribution >= 0.6 is 11.6 Å². The molecule has 0 aromatic heterocycles. The van der Waals surface area contributed by atoms with E-state index < -0.39 is 0 Å². The fraction of sp³-hybridized carbons (Fsp3) is 0.188. The summed E-state index contributed by atoms with van der Waals surface area (Å²) in [6.45, 7) is 2.61. The fourth-order valence-electron chi connectivity index (χ4n) is 1.86. The number of nitrogens with zero attached hydrogens (tertiary/aromatic N) is 1. The highest BCUT2D eigenvalue weighted by Crippen LogP contribution is 2.31. The smallest absolute Gasteiger partial charge is 0.143 e. The van der Waals surface area contributed by atoms with E-state index in [0.29, 0.717) is 22.9 Å². The molecule has 0 spiro atoms. The van der Waals surface area contributed by atoms with Gasteiger partial charge in [-0.3, -0.25) is 0 Å². The Labute approximate surface area is 123 Å². The number of nitriles is 1. The molecule has 20 heavy (non-hydrogen) atoms. The highest BCUT2D eigenvalue weighted by atomic mass is 35.5.